The lowest BCUT2D eigenvalue weighted by molar-refractivity contribution is -0.170. The van der Waals surface area contributed by atoms with Gasteiger partial charge in [-0.1, -0.05) is 38.8 Å². The summed E-state index contributed by atoms with van der Waals surface area (Å²) in [6.45, 7) is 6.87. The fraction of sp³-hybridized carbons (Fsp3) is 0.778. The monoisotopic (exact) mass is 308 g/mol. The summed E-state index contributed by atoms with van der Waals surface area (Å²) in [5, 5.41) is 0. The van der Waals surface area contributed by atoms with E-state index in [-0.39, 0.29) is 23.8 Å². The molecule has 0 aliphatic heterocycles. The Morgan fingerprint density at radius 2 is 1.73 bits per heavy atom. The van der Waals surface area contributed by atoms with E-state index < -0.39 is 11.3 Å². The number of ether oxygens (including phenoxy) is 2. The third kappa shape index (κ3) is 3.06. The molecule has 1 fully saturated rings. The quantitative estimate of drug-likeness (QED) is 0.391. The first-order chi connectivity index (χ1) is 10.6. The molecule has 0 saturated heterocycles. The molecule has 0 aromatic heterocycles. The molecule has 4 heteroatoms. The average Bonchev–Trinajstić information content (AvgIpc) is 3.07. The van der Waals surface area contributed by atoms with Gasteiger partial charge in [0.2, 0.25) is 0 Å². The molecule has 0 radical (unpaired) electrons. The van der Waals surface area contributed by atoms with Crippen LogP contribution in [0.4, 0.5) is 0 Å². The maximum Gasteiger partial charge on any atom is 0.313 e. The van der Waals surface area contributed by atoms with E-state index in [2.05, 4.69) is 26.0 Å². The number of allylic oxidation sites excluding steroid dienone is 2. The molecular formula is C18H28O4. The third-order valence-electron chi connectivity index (χ3n) is 5.13. The molecule has 2 aliphatic carbocycles. The Bertz CT molecular complexity index is 442. The number of esters is 2. The van der Waals surface area contributed by atoms with Crippen LogP contribution in [0.15, 0.2) is 12.2 Å². The van der Waals surface area contributed by atoms with Crippen LogP contribution in [0, 0.1) is 23.2 Å². The molecule has 4 unspecified atom stereocenters. The zero-order valence-corrected chi connectivity index (χ0v) is 14.0. The Balaban J connectivity index is 2.07. The van der Waals surface area contributed by atoms with Crippen molar-refractivity contribution in [3.05, 3.63) is 12.2 Å². The van der Waals surface area contributed by atoms with Gasteiger partial charge in [-0.25, -0.2) is 0 Å². The van der Waals surface area contributed by atoms with E-state index in [0.717, 1.165) is 32.1 Å². The van der Waals surface area contributed by atoms with Gasteiger partial charge in [-0.05, 0) is 38.0 Å². The highest BCUT2D eigenvalue weighted by Crippen LogP contribution is 2.57. The summed E-state index contributed by atoms with van der Waals surface area (Å²) >= 11 is 0. The van der Waals surface area contributed by atoms with Crippen LogP contribution < -0.4 is 0 Å². The van der Waals surface area contributed by atoms with Gasteiger partial charge >= 0.3 is 11.9 Å². The summed E-state index contributed by atoms with van der Waals surface area (Å²) < 4.78 is 10.9. The second-order valence-electron chi connectivity index (χ2n) is 6.66. The summed E-state index contributed by atoms with van der Waals surface area (Å²) in [4.78, 5) is 25.1. The number of rotatable bonds is 8. The summed E-state index contributed by atoms with van der Waals surface area (Å²) in [6.07, 6.45) is 8.68. The molecule has 0 spiro atoms. The fourth-order valence-corrected chi connectivity index (χ4v) is 3.66. The molecule has 2 rings (SSSR count). The highest BCUT2D eigenvalue weighted by Gasteiger charge is 2.61. The minimum absolute atomic E-state index is 0.0929. The molecule has 0 aromatic carbocycles. The van der Waals surface area contributed by atoms with E-state index in [1.807, 2.05) is 6.92 Å². The highest BCUT2D eigenvalue weighted by molar-refractivity contribution is 5.87. The van der Waals surface area contributed by atoms with Gasteiger partial charge in [0.15, 0.2) is 0 Å². The lowest BCUT2D eigenvalue weighted by Crippen LogP contribution is -2.45. The largest absolute Gasteiger partial charge is 0.465 e. The SMILES string of the molecule is CCCCOC(=O)C1C2C=CC(C2)C1(C)C(=O)OCCCC. The Morgan fingerprint density at radius 3 is 2.36 bits per heavy atom. The van der Waals surface area contributed by atoms with Crippen LogP contribution in [0.1, 0.15) is 52.9 Å². The molecular weight excluding hydrogens is 280 g/mol. The molecule has 0 heterocycles. The Hall–Kier alpha value is -1.32. The molecule has 124 valence electrons. The maximum atomic E-state index is 12.6. The van der Waals surface area contributed by atoms with Crippen molar-refractivity contribution in [2.24, 2.45) is 23.2 Å². The van der Waals surface area contributed by atoms with Crippen LogP contribution in [0.3, 0.4) is 0 Å². The topological polar surface area (TPSA) is 52.6 Å². The lowest BCUT2D eigenvalue weighted by atomic mass is 9.70. The van der Waals surface area contributed by atoms with E-state index in [1.54, 1.807) is 0 Å². The van der Waals surface area contributed by atoms with E-state index in [0.29, 0.717) is 13.2 Å². The predicted molar refractivity (Wildman–Crippen MR) is 84.1 cm³/mol. The van der Waals surface area contributed by atoms with Crippen molar-refractivity contribution in [2.45, 2.75) is 52.9 Å². The first-order valence-electron chi connectivity index (χ1n) is 8.57. The molecule has 4 nitrogen and oxygen atoms in total. The van der Waals surface area contributed by atoms with E-state index in [9.17, 15) is 9.59 Å². The van der Waals surface area contributed by atoms with Crippen molar-refractivity contribution in [3.63, 3.8) is 0 Å². The average molecular weight is 308 g/mol. The van der Waals surface area contributed by atoms with Crippen molar-refractivity contribution in [2.75, 3.05) is 13.2 Å². The Kier molecular flexibility index (Phi) is 5.65. The highest BCUT2D eigenvalue weighted by atomic mass is 16.5. The van der Waals surface area contributed by atoms with Gasteiger partial charge in [-0.15, -0.1) is 0 Å². The second kappa shape index (κ2) is 7.30. The first kappa shape index (κ1) is 17.0. The molecule has 2 aliphatic rings. The molecule has 4 atom stereocenters. The maximum absolute atomic E-state index is 12.6. The van der Waals surface area contributed by atoms with E-state index in [1.165, 1.54) is 0 Å². The van der Waals surface area contributed by atoms with Gasteiger partial charge in [0.25, 0.3) is 0 Å². The van der Waals surface area contributed by atoms with Crippen molar-refractivity contribution >= 4 is 11.9 Å². The summed E-state index contributed by atoms with van der Waals surface area (Å²) in [5.41, 5.74) is -0.767. The summed E-state index contributed by atoms with van der Waals surface area (Å²) in [6, 6.07) is 0. The van der Waals surface area contributed by atoms with Crippen LogP contribution in [0.5, 0.6) is 0 Å². The van der Waals surface area contributed by atoms with Gasteiger partial charge in [0.1, 0.15) is 0 Å². The molecule has 0 N–H and O–H groups in total. The Morgan fingerprint density at radius 1 is 1.09 bits per heavy atom. The normalized spacial score (nSPS) is 32.2. The van der Waals surface area contributed by atoms with Crippen molar-refractivity contribution in [3.8, 4) is 0 Å². The van der Waals surface area contributed by atoms with E-state index in [4.69, 9.17) is 9.47 Å². The minimum Gasteiger partial charge on any atom is -0.465 e. The van der Waals surface area contributed by atoms with E-state index >= 15 is 0 Å². The predicted octanol–water partition coefficient (Wildman–Crippen LogP) is 3.50. The summed E-state index contributed by atoms with van der Waals surface area (Å²) in [5.74, 6) is -0.665. The number of fused-ring (bicyclic) bond motifs is 2. The smallest absolute Gasteiger partial charge is 0.313 e. The molecule has 0 aromatic rings. The van der Waals surface area contributed by atoms with Gasteiger partial charge in [-0.2, -0.15) is 0 Å². The number of carbonyl (C=O) groups excluding carboxylic acids is 2. The molecule has 22 heavy (non-hydrogen) atoms. The van der Waals surface area contributed by atoms with Gasteiger partial charge in [0.05, 0.1) is 24.5 Å². The zero-order chi connectivity index (χ0) is 16.2. The van der Waals surface area contributed by atoms with Crippen LogP contribution in [0.25, 0.3) is 0 Å². The van der Waals surface area contributed by atoms with Gasteiger partial charge in [0, 0.05) is 0 Å². The number of hydrogen-bond donors (Lipinski definition) is 0. The van der Waals surface area contributed by atoms with Crippen LogP contribution in [-0.4, -0.2) is 25.2 Å². The third-order valence-corrected chi connectivity index (χ3v) is 5.13. The Labute approximate surface area is 133 Å². The number of carbonyl (C=O) groups is 2. The first-order valence-corrected chi connectivity index (χ1v) is 8.57. The van der Waals surface area contributed by atoms with Crippen molar-refractivity contribution in [1.82, 2.24) is 0 Å². The zero-order valence-electron chi connectivity index (χ0n) is 14.0. The number of hydrogen-bond acceptors (Lipinski definition) is 4. The molecule has 0 amide bonds. The number of unbranched alkanes of at least 4 members (excludes halogenated alkanes) is 2. The summed E-state index contributed by atoms with van der Waals surface area (Å²) in [7, 11) is 0. The second-order valence-corrected chi connectivity index (χ2v) is 6.66. The van der Waals surface area contributed by atoms with Crippen molar-refractivity contribution in [1.29, 1.82) is 0 Å². The van der Waals surface area contributed by atoms with Gasteiger partial charge < -0.3 is 9.47 Å². The minimum atomic E-state index is -0.767. The fourth-order valence-electron chi connectivity index (χ4n) is 3.66. The van der Waals surface area contributed by atoms with Crippen LogP contribution >= 0.6 is 0 Å². The van der Waals surface area contributed by atoms with Crippen molar-refractivity contribution < 1.29 is 19.1 Å². The van der Waals surface area contributed by atoms with Crippen LogP contribution in [-0.2, 0) is 19.1 Å². The molecule has 1 saturated carbocycles. The lowest BCUT2D eigenvalue weighted by Gasteiger charge is -2.35. The van der Waals surface area contributed by atoms with Crippen LogP contribution in [0.2, 0.25) is 0 Å². The molecule has 2 bridgehead atoms. The standard InChI is InChI=1S/C18H28O4/c1-4-6-10-21-16(19)15-13-8-9-14(12-13)18(15,3)17(20)22-11-7-5-2/h8-9,13-15H,4-7,10-12H2,1-3H3. The van der Waals surface area contributed by atoms with Gasteiger partial charge in [-0.3, -0.25) is 9.59 Å².